The number of unbranched alkanes of at least 4 members (excludes halogenated alkanes) is 4. The molecule has 0 aliphatic rings. The monoisotopic (exact) mass is 649 g/mol. The Morgan fingerprint density at radius 3 is 2.08 bits per heavy atom. The highest BCUT2D eigenvalue weighted by atomic mass is 16.6. The van der Waals surface area contributed by atoms with Crippen LogP contribution in [0.1, 0.15) is 88.1 Å². The molecule has 0 aromatic heterocycles. The van der Waals surface area contributed by atoms with Crippen LogP contribution in [-0.2, 0) is 20.7 Å². The molecule has 254 valence electrons. The van der Waals surface area contributed by atoms with Crippen molar-refractivity contribution in [3.8, 4) is 0 Å². The number of anilines is 1. The number of amides is 3. The smallest absolute Gasteiger partial charge is 0.408 e. The number of carbonyl (C=O) groups excluding carboxylic acids is 3. The van der Waals surface area contributed by atoms with Crippen LogP contribution in [0.3, 0.4) is 0 Å². The fourth-order valence-corrected chi connectivity index (χ4v) is 6.12. The molecule has 2 N–H and O–H groups in total. The molecular formula is C41H51N3O4. The lowest BCUT2D eigenvalue weighted by Gasteiger charge is -2.36. The van der Waals surface area contributed by atoms with Crippen LogP contribution in [0.25, 0.3) is 10.8 Å². The van der Waals surface area contributed by atoms with Crippen LogP contribution in [0.5, 0.6) is 0 Å². The molecule has 4 rings (SSSR count). The van der Waals surface area contributed by atoms with Gasteiger partial charge in [-0.15, -0.1) is 0 Å². The Morgan fingerprint density at radius 2 is 1.42 bits per heavy atom. The van der Waals surface area contributed by atoms with Crippen molar-refractivity contribution < 1.29 is 19.1 Å². The van der Waals surface area contributed by atoms with Gasteiger partial charge in [0.25, 0.3) is 5.91 Å². The standard InChI is InChI=1S/C41H51N3O4/c1-7-8-9-10-16-26-44(39(46)35(27-31-20-12-11-13-21-31)43-40(47)48-41(4,5)6)37(36-29(2)18-17-19-30(36)3)38(45)42-34-25-24-32-22-14-15-23-33(32)28-34/h11-15,17-25,28,35,37H,7-10,16,26-27H2,1-6H3,(H,42,45)(H,43,47). The molecule has 0 fully saturated rings. The van der Waals surface area contributed by atoms with Gasteiger partial charge in [0, 0.05) is 18.7 Å². The van der Waals surface area contributed by atoms with Crippen LogP contribution >= 0.6 is 0 Å². The van der Waals surface area contributed by atoms with Gasteiger partial charge in [-0.05, 0) is 86.2 Å². The molecule has 48 heavy (non-hydrogen) atoms. The molecule has 0 radical (unpaired) electrons. The topological polar surface area (TPSA) is 87.7 Å². The lowest BCUT2D eigenvalue weighted by molar-refractivity contribution is -0.141. The Labute approximate surface area is 286 Å². The predicted molar refractivity (Wildman–Crippen MR) is 195 cm³/mol. The molecule has 0 spiro atoms. The molecule has 0 saturated carbocycles. The summed E-state index contributed by atoms with van der Waals surface area (Å²) in [5.41, 5.74) is 3.41. The minimum atomic E-state index is -0.960. The van der Waals surface area contributed by atoms with E-state index in [-0.39, 0.29) is 18.2 Å². The third kappa shape index (κ3) is 10.2. The Kier molecular flexibility index (Phi) is 12.8. The summed E-state index contributed by atoms with van der Waals surface area (Å²) in [4.78, 5) is 44.4. The fraction of sp³-hybridized carbons (Fsp3) is 0.390. The average molecular weight is 650 g/mol. The van der Waals surface area contributed by atoms with Gasteiger partial charge in [-0.25, -0.2) is 4.79 Å². The lowest BCUT2D eigenvalue weighted by atomic mass is 9.92. The first-order valence-electron chi connectivity index (χ1n) is 17.2. The van der Waals surface area contributed by atoms with E-state index in [1.54, 1.807) is 25.7 Å². The van der Waals surface area contributed by atoms with Crippen molar-refractivity contribution in [1.29, 1.82) is 0 Å². The van der Waals surface area contributed by atoms with E-state index in [0.29, 0.717) is 12.2 Å². The number of ether oxygens (including phenoxy) is 1. The number of rotatable bonds is 14. The van der Waals surface area contributed by atoms with Crippen LogP contribution in [0, 0.1) is 13.8 Å². The normalized spacial score (nSPS) is 12.6. The summed E-state index contributed by atoms with van der Waals surface area (Å²) in [6.07, 6.45) is 4.46. The molecule has 2 unspecified atom stereocenters. The Bertz CT molecular complexity index is 1660. The van der Waals surface area contributed by atoms with Gasteiger partial charge in [0.2, 0.25) is 5.91 Å². The zero-order chi connectivity index (χ0) is 34.7. The van der Waals surface area contributed by atoms with E-state index in [1.807, 2.05) is 105 Å². The molecule has 4 aromatic carbocycles. The average Bonchev–Trinajstić information content (AvgIpc) is 3.04. The molecule has 0 aliphatic heterocycles. The molecule has 0 saturated heterocycles. The fourth-order valence-electron chi connectivity index (χ4n) is 6.12. The van der Waals surface area contributed by atoms with Gasteiger partial charge in [-0.3, -0.25) is 9.59 Å². The number of benzene rings is 4. The first kappa shape index (κ1) is 36.2. The number of fused-ring (bicyclic) bond motifs is 1. The van der Waals surface area contributed by atoms with Crippen molar-refractivity contribution in [3.05, 3.63) is 113 Å². The van der Waals surface area contributed by atoms with Crippen LogP contribution in [-0.4, -0.2) is 41.0 Å². The minimum Gasteiger partial charge on any atom is -0.444 e. The lowest BCUT2D eigenvalue weighted by Crippen LogP contribution is -2.53. The van der Waals surface area contributed by atoms with Gasteiger partial charge in [0.1, 0.15) is 17.7 Å². The van der Waals surface area contributed by atoms with E-state index in [1.165, 1.54) is 0 Å². The van der Waals surface area contributed by atoms with Crippen LogP contribution in [0.2, 0.25) is 0 Å². The third-order valence-electron chi connectivity index (χ3n) is 8.45. The van der Waals surface area contributed by atoms with Gasteiger partial charge >= 0.3 is 6.09 Å². The summed E-state index contributed by atoms with van der Waals surface area (Å²) >= 11 is 0. The van der Waals surface area contributed by atoms with Crippen molar-refractivity contribution in [2.75, 3.05) is 11.9 Å². The van der Waals surface area contributed by atoms with E-state index in [4.69, 9.17) is 4.74 Å². The summed E-state index contributed by atoms with van der Waals surface area (Å²) in [7, 11) is 0. The quantitative estimate of drug-likeness (QED) is 0.133. The molecule has 2 atom stereocenters. The zero-order valence-corrected chi connectivity index (χ0v) is 29.3. The maximum atomic E-state index is 14.9. The third-order valence-corrected chi connectivity index (χ3v) is 8.45. The SMILES string of the molecule is CCCCCCCN(C(=O)C(Cc1ccccc1)NC(=O)OC(C)(C)C)C(C(=O)Nc1ccc2ccccc2c1)c1c(C)cccc1C. The van der Waals surface area contributed by atoms with Crippen molar-refractivity contribution in [2.24, 2.45) is 0 Å². The summed E-state index contributed by atoms with van der Waals surface area (Å²) in [6.45, 7) is 11.8. The molecule has 4 aromatic rings. The van der Waals surface area contributed by atoms with E-state index < -0.39 is 23.8 Å². The Balaban J connectivity index is 1.78. The van der Waals surface area contributed by atoms with Crippen LogP contribution in [0.15, 0.2) is 91.0 Å². The molecule has 0 bridgehead atoms. The second-order valence-corrected chi connectivity index (χ2v) is 13.6. The number of alkyl carbamates (subject to hydrolysis) is 1. The molecular weight excluding hydrogens is 598 g/mol. The highest BCUT2D eigenvalue weighted by Gasteiger charge is 2.37. The number of nitrogens with zero attached hydrogens (tertiary/aromatic N) is 1. The second kappa shape index (κ2) is 17.0. The number of hydrogen-bond acceptors (Lipinski definition) is 4. The van der Waals surface area contributed by atoms with Crippen molar-refractivity contribution in [1.82, 2.24) is 10.2 Å². The number of nitrogens with one attached hydrogen (secondary N) is 2. The summed E-state index contributed by atoms with van der Waals surface area (Å²) in [5, 5.41) is 8.10. The maximum absolute atomic E-state index is 14.9. The highest BCUT2D eigenvalue weighted by Crippen LogP contribution is 2.31. The van der Waals surface area contributed by atoms with Gasteiger partial charge in [-0.1, -0.05) is 111 Å². The first-order valence-corrected chi connectivity index (χ1v) is 17.2. The molecule has 0 heterocycles. The number of hydrogen-bond donors (Lipinski definition) is 2. The van der Waals surface area contributed by atoms with Gasteiger partial charge < -0.3 is 20.3 Å². The number of aryl methyl sites for hydroxylation is 2. The highest BCUT2D eigenvalue weighted by molar-refractivity contribution is 6.00. The van der Waals surface area contributed by atoms with E-state index >= 15 is 0 Å². The van der Waals surface area contributed by atoms with Crippen molar-refractivity contribution in [2.45, 2.75) is 97.8 Å². The number of carbonyl (C=O) groups is 3. The predicted octanol–water partition coefficient (Wildman–Crippen LogP) is 9.07. The Hall–Kier alpha value is -4.65. The van der Waals surface area contributed by atoms with Gasteiger partial charge in [0.05, 0.1) is 0 Å². The summed E-state index contributed by atoms with van der Waals surface area (Å²) < 4.78 is 5.61. The van der Waals surface area contributed by atoms with Crippen molar-refractivity contribution in [3.63, 3.8) is 0 Å². The summed E-state index contributed by atoms with van der Waals surface area (Å²) in [6, 6.07) is 27.4. The zero-order valence-electron chi connectivity index (χ0n) is 29.3. The van der Waals surface area contributed by atoms with Gasteiger partial charge in [-0.2, -0.15) is 0 Å². The van der Waals surface area contributed by atoms with E-state index in [0.717, 1.165) is 65.1 Å². The Morgan fingerprint density at radius 1 is 0.771 bits per heavy atom. The van der Waals surface area contributed by atoms with Gasteiger partial charge in [0.15, 0.2) is 0 Å². The van der Waals surface area contributed by atoms with E-state index in [9.17, 15) is 14.4 Å². The van der Waals surface area contributed by atoms with Crippen LogP contribution < -0.4 is 10.6 Å². The minimum absolute atomic E-state index is 0.247. The first-order chi connectivity index (χ1) is 23.0. The van der Waals surface area contributed by atoms with Crippen LogP contribution in [0.4, 0.5) is 10.5 Å². The van der Waals surface area contributed by atoms with E-state index in [2.05, 4.69) is 17.6 Å². The van der Waals surface area contributed by atoms with Crippen molar-refractivity contribution >= 4 is 34.4 Å². The maximum Gasteiger partial charge on any atom is 0.408 e. The largest absolute Gasteiger partial charge is 0.444 e. The summed E-state index contributed by atoms with van der Waals surface area (Å²) in [5.74, 6) is -0.637. The molecule has 7 nitrogen and oxygen atoms in total. The second-order valence-electron chi connectivity index (χ2n) is 13.6. The molecule has 0 aliphatic carbocycles. The molecule has 7 heteroatoms. The molecule has 3 amide bonds.